The monoisotopic (exact) mass is 302 g/mol. The van der Waals surface area contributed by atoms with Crippen LogP contribution in [0, 0.1) is 13.8 Å². The summed E-state index contributed by atoms with van der Waals surface area (Å²) in [6, 6.07) is 9.94. The zero-order valence-electron chi connectivity index (χ0n) is 13.1. The zero-order valence-corrected chi connectivity index (χ0v) is 13.9. The molecule has 3 heteroatoms. The van der Waals surface area contributed by atoms with Crippen LogP contribution >= 0.6 is 11.3 Å². The standard InChI is InChI=1S/C18H22O2S/c1-5-12(2)15-8-6-7-9-18(15)20-11-17(19)16-10-13(3)21-14(16)4/h6-10,12H,5,11H2,1-4H3. The van der Waals surface area contributed by atoms with E-state index >= 15 is 0 Å². The first-order valence-corrected chi connectivity index (χ1v) is 8.16. The van der Waals surface area contributed by atoms with Crippen molar-refractivity contribution in [3.05, 3.63) is 51.2 Å². The third-order valence-electron chi connectivity index (χ3n) is 3.76. The topological polar surface area (TPSA) is 26.3 Å². The third kappa shape index (κ3) is 3.73. The minimum Gasteiger partial charge on any atom is -0.485 e. The van der Waals surface area contributed by atoms with E-state index in [-0.39, 0.29) is 12.4 Å². The number of hydrogen-bond donors (Lipinski definition) is 0. The van der Waals surface area contributed by atoms with E-state index in [9.17, 15) is 4.79 Å². The fourth-order valence-electron chi connectivity index (χ4n) is 2.37. The number of carbonyl (C=O) groups excluding carboxylic acids is 1. The first-order chi connectivity index (χ1) is 10.0. The van der Waals surface area contributed by atoms with Gasteiger partial charge in [-0.2, -0.15) is 0 Å². The number of para-hydroxylation sites is 1. The molecule has 1 atom stereocenters. The van der Waals surface area contributed by atoms with Crippen LogP contribution in [0.15, 0.2) is 30.3 Å². The molecule has 2 aromatic rings. The van der Waals surface area contributed by atoms with Gasteiger partial charge in [0.1, 0.15) is 5.75 Å². The molecular weight excluding hydrogens is 280 g/mol. The Bertz CT molecular complexity index is 628. The van der Waals surface area contributed by atoms with Crippen molar-refractivity contribution < 1.29 is 9.53 Å². The highest BCUT2D eigenvalue weighted by Gasteiger charge is 2.15. The van der Waals surface area contributed by atoms with Gasteiger partial charge in [-0.15, -0.1) is 11.3 Å². The molecule has 1 aromatic heterocycles. The minimum absolute atomic E-state index is 0.0517. The number of carbonyl (C=O) groups is 1. The van der Waals surface area contributed by atoms with E-state index in [2.05, 4.69) is 19.9 Å². The highest BCUT2D eigenvalue weighted by molar-refractivity contribution is 7.12. The molecule has 0 saturated heterocycles. The Morgan fingerprint density at radius 3 is 2.62 bits per heavy atom. The van der Waals surface area contributed by atoms with Crippen LogP contribution in [-0.4, -0.2) is 12.4 Å². The van der Waals surface area contributed by atoms with Gasteiger partial charge in [0, 0.05) is 15.3 Å². The Morgan fingerprint density at radius 1 is 1.29 bits per heavy atom. The summed E-state index contributed by atoms with van der Waals surface area (Å²) < 4.78 is 5.80. The van der Waals surface area contributed by atoms with Gasteiger partial charge in [0.15, 0.2) is 6.61 Å². The zero-order chi connectivity index (χ0) is 15.4. The van der Waals surface area contributed by atoms with Crippen molar-refractivity contribution in [2.24, 2.45) is 0 Å². The lowest BCUT2D eigenvalue weighted by molar-refractivity contribution is 0.0920. The van der Waals surface area contributed by atoms with Crippen molar-refractivity contribution in [2.75, 3.05) is 6.61 Å². The largest absolute Gasteiger partial charge is 0.485 e. The fraction of sp³-hybridized carbons (Fsp3) is 0.389. The third-order valence-corrected chi connectivity index (χ3v) is 4.73. The SMILES string of the molecule is CCC(C)c1ccccc1OCC(=O)c1cc(C)sc1C. The smallest absolute Gasteiger partial charge is 0.201 e. The number of benzene rings is 1. The molecule has 0 saturated carbocycles. The van der Waals surface area contributed by atoms with Crippen LogP contribution in [0.2, 0.25) is 0 Å². The maximum absolute atomic E-state index is 12.3. The number of thiophene rings is 1. The second-order valence-corrected chi connectivity index (χ2v) is 6.85. The highest BCUT2D eigenvalue weighted by atomic mass is 32.1. The summed E-state index contributed by atoms with van der Waals surface area (Å²) in [4.78, 5) is 14.5. The Kier molecular flexibility index (Phi) is 5.18. The van der Waals surface area contributed by atoms with Gasteiger partial charge >= 0.3 is 0 Å². The molecule has 0 amide bonds. The van der Waals surface area contributed by atoms with Crippen molar-refractivity contribution in [3.63, 3.8) is 0 Å². The molecule has 2 rings (SSSR count). The molecule has 0 aliphatic rings. The molecular formula is C18H22O2S. The summed E-state index contributed by atoms with van der Waals surface area (Å²) in [6.07, 6.45) is 1.05. The van der Waals surface area contributed by atoms with E-state index in [4.69, 9.17) is 4.74 Å². The van der Waals surface area contributed by atoms with E-state index in [0.717, 1.165) is 27.5 Å². The maximum Gasteiger partial charge on any atom is 0.201 e. The first kappa shape index (κ1) is 15.8. The summed E-state index contributed by atoms with van der Waals surface area (Å²) in [7, 11) is 0. The average molecular weight is 302 g/mol. The van der Waals surface area contributed by atoms with E-state index in [1.165, 1.54) is 5.56 Å². The van der Waals surface area contributed by atoms with Crippen LogP contribution < -0.4 is 4.74 Å². The lowest BCUT2D eigenvalue weighted by Crippen LogP contribution is -2.13. The predicted molar refractivity (Wildman–Crippen MR) is 88.8 cm³/mol. The van der Waals surface area contributed by atoms with Crippen LogP contribution in [0.25, 0.3) is 0 Å². The van der Waals surface area contributed by atoms with Crippen molar-refractivity contribution in [3.8, 4) is 5.75 Å². The Labute approximate surface area is 130 Å². The highest BCUT2D eigenvalue weighted by Crippen LogP contribution is 2.28. The Balaban J connectivity index is 2.10. The number of Topliss-reactive ketones (excluding diaryl/α,β-unsaturated/α-hetero) is 1. The van der Waals surface area contributed by atoms with Gasteiger partial charge in [0.25, 0.3) is 0 Å². The van der Waals surface area contributed by atoms with E-state index in [1.54, 1.807) is 11.3 Å². The van der Waals surface area contributed by atoms with Gasteiger partial charge in [-0.05, 0) is 43.9 Å². The van der Waals surface area contributed by atoms with Gasteiger partial charge < -0.3 is 4.74 Å². The molecule has 1 heterocycles. The molecule has 21 heavy (non-hydrogen) atoms. The number of aryl methyl sites for hydroxylation is 2. The molecule has 0 aliphatic carbocycles. The molecule has 0 aliphatic heterocycles. The second kappa shape index (κ2) is 6.90. The molecule has 2 nitrogen and oxygen atoms in total. The summed E-state index contributed by atoms with van der Waals surface area (Å²) in [5, 5.41) is 0. The minimum atomic E-state index is 0.0517. The molecule has 0 fully saturated rings. The Morgan fingerprint density at radius 2 is 2.00 bits per heavy atom. The number of ketones is 1. The quantitative estimate of drug-likeness (QED) is 0.691. The van der Waals surface area contributed by atoms with Gasteiger partial charge in [0.2, 0.25) is 5.78 Å². The average Bonchev–Trinajstić information content (AvgIpc) is 2.83. The molecule has 1 unspecified atom stereocenters. The van der Waals surface area contributed by atoms with E-state index in [1.807, 2.05) is 38.1 Å². The number of rotatable bonds is 6. The normalized spacial score (nSPS) is 12.2. The summed E-state index contributed by atoms with van der Waals surface area (Å²) >= 11 is 1.65. The van der Waals surface area contributed by atoms with Crippen LogP contribution in [0.3, 0.4) is 0 Å². The Hall–Kier alpha value is -1.61. The van der Waals surface area contributed by atoms with Gasteiger partial charge in [-0.25, -0.2) is 0 Å². The lowest BCUT2D eigenvalue weighted by Gasteiger charge is -2.15. The van der Waals surface area contributed by atoms with Gasteiger partial charge in [0.05, 0.1) is 0 Å². The lowest BCUT2D eigenvalue weighted by atomic mass is 9.98. The van der Waals surface area contributed by atoms with Gasteiger partial charge in [-0.1, -0.05) is 32.0 Å². The van der Waals surface area contributed by atoms with Crippen molar-refractivity contribution in [1.82, 2.24) is 0 Å². The van der Waals surface area contributed by atoms with Crippen molar-refractivity contribution in [2.45, 2.75) is 40.0 Å². The molecule has 0 spiro atoms. The van der Waals surface area contributed by atoms with E-state index < -0.39 is 0 Å². The second-order valence-electron chi connectivity index (χ2n) is 5.39. The van der Waals surface area contributed by atoms with Crippen LogP contribution in [0.4, 0.5) is 0 Å². The van der Waals surface area contributed by atoms with Crippen LogP contribution in [0.1, 0.15) is 51.9 Å². The number of ether oxygens (including phenoxy) is 1. The molecule has 0 N–H and O–H groups in total. The summed E-state index contributed by atoms with van der Waals surface area (Å²) in [6.45, 7) is 8.44. The number of hydrogen-bond acceptors (Lipinski definition) is 3. The molecule has 0 radical (unpaired) electrons. The maximum atomic E-state index is 12.3. The molecule has 1 aromatic carbocycles. The van der Waals surface area contributed by atoms with Crippen molar-refractivity contribution in [1.29, 1.82) is 0 Å². The predicted octanol–water partition coefficient (Wildman–Crippen LogP) is 5.14. The summed E-state index contributed by atoms with van der Waals surface area (Å²) in [5.74, 6) is 1.31. The first-order valence-electron chi connectivity index (χ1n) is 7.34. The van der Waals surface area contributed by atoms with Crippen LogP contribution in [-0.2, 0) is 0 Å². The van der Waals surface area contributed by atoms with Crippen molar-refractivity contribution >= 4 is 17.1 Å². The summed E-state index contributed by atoms with van der Waals surface area (Å²) in [5.41, 5.74) is 1.96. The molecule has 112 valence electrons. The van der Waals surface area contributed by atoms with E-state index in [0.29, 0.717) is 5.92 Å². The fourth-order valence-corrected chi connectivity index (χ4v) is 3.31. The van der Waals surface area contributed by atoms with Gasteiger partial charge in [-0.3, -0.25) is 4.79 Å². The van der Waals surface area contributed by atoms with Crippen LogP contribution in [0.5, 0.6) is 5.75 Å². The molecule has 0 bridgehead atoms.